The van der Waals surface area contributed by atoms with Crippen molar-refractivity contribution in [3.05, 3.63) is 59.7 Å². The second-order valence-electron chi connectivity index (χ2n) is 5.74. The van der Waals surface area contributed by atoms with E-state index in [2.05, 4.69) is 24.4 Å². The molecule has 0 aliphatic carbocycles. The number of hydrogen-bond acceptors (Lipinski definition) is 2. The summed E-state index contributed by atoms with van der Waals surface area (Å²) in [4.78, 5) is 13.3. The van der Waals surface area contributed by atoms with Crippen molar-refractivity contribution >= 4 is 11.6 Å². The predicted octanol–water partition coefficient (Wildman–Crippen LogP) is 2.05. The predicted molar refractivity (Wildman–Crippen MR) is 92.9 cm³/mol. The van der Waals surface area contributed by atoms with Gasteiger partial charge in [0.2, 0.25) is 0 Å². The number of rotatable bonds is 7. The van der Waals surface area contributed by atoms with Gasteiger partial charge in [0.15, 0.2) is 6.54 Å². The van der Waals surface area contributed by atoms with E-state index in [1.807, 2.05) is 50.4 Å². The third-order valence-corrected chi connectivity index (χ3v) is 3.66. The lowest BCUT2D eigenvalue weighted by molar-refractivity contribution is -0.885. The van der Waals surface area contributed by atoms with Crippen LogP contribution in [0.2, 0.25) is 0 Å². The van der Waals surface area contributed by atoms with E-state index in [1.165, 1.54) is 11.1 Å². The molecule has 4 heteroatoms. The molecule has 4 nitrogen and oxygen atoms in total. The van der Waals surface area contributed by atoms with E-state index in [9.17, 15) is 4.79 Å². The first kappa shape index (κ1) is 17.0. The van der Waals surface area contributed by atoms with E-state index >= 15 is 0 Å². The van der Waals surface area contributed by atoms with Gasteiger partial charge >= 0.3 is 0 Å². The lowest BCUT2D eigenvalue weighted by Crippen LogP contribution is -3.08. The van der Waals surface area contributed by atoms with Gasteiger partial charge in [-0.3, -0.25) is 4.79 Å². The van der Waals surface area contributed by atoms with Gasteiger partial charge < -0.3 is 15.0 Å². The number of hydrogen-bond donors (Lipinski definition) is 2. The Morgan fingerprint density at radius 1 is 1.13 bits per heavy atom. The summed E-state index contributed by atoms with van der Waals surface area (Å²) in [6.45, 7) is 5.95. The number of aryl methyl sites for hydroxylation is 1. The molecule has 0 bridgehead atoms. The normalized spacial score (nSPS) is 11.8. The number of amides is 1. The Morgan fingerprint density at radius 2 is 1.83 bits per heavy atom. The van der Waals surface area contributed by atoms with E-state index in [1.54, 1.807) is 0 Å². The Labute approximate surface area is 138 Å². The summed E-state index contributed by atoms with van der Waals surface area (Å²) in [6, 6.07) is 15.7. The van der Waals surface area contributed by atoms with Crippen LogP contribution in [0.5, 0.6) is 5.75 Å². The Morgan fingerprint density at radius 3 is 2.48 bits per heavy atom. The number of quaternary nitrogens is 1. The monoisotopic (exact) mass is 313 g/mol. The molecule has 1 amide bonds. The van der Waals surface area contributed by atoms with Gasteiger partial charge in [-0.1, -0.05) is 24.3 Å². The second-order valence-corrected chi connectivity index (χ2v) is 5.74. The highest BCUT2D eigenvalue weighted by Crippen LogP contribution is 2.15. The summed E-state index contributed by atoms with van der Waals surface area (Å²) >= 11 is 0. The summed E-state index contributed by atoms with van der Waals surface area (Å²) in [5.74, 6) is 0.827. The van der Waals surface area contributed by atoms with Gasteiger partial charge in [0.1, 0.15) is 12.3 Å². The van der Waals surface area contributed by atoms with Crippen LogP contribution >= 0.6 is 0 Å². The maximum Gasteiger partial charge on any atom is 0.279 e. The number of ether oxygens (including phenoxy) is 1. The van der Waals surface area contributed by atoms with Gasteiger partial charge in [0.05, 0.1) is 13.7 Å². The minimum absolute atomic E-state index is 0.0141. The molecule has 2 aromatic rings. The minimum atomic E-state index is 0.0141. The molecule has 0 heterocycles. The van der Waals surface area contributed by atoms with Crippen molar-refractivity contribution in [3.8, 4) is 5.75 Å². The third kappa shape index (κ3) is 5.42. The van der Waals surface area contributed by atoms with Gasteiger partial charge in [-0.25, -0.2) is 0 Å². The van der Waals surface area contributed by atoms with Crippen LogP contribution in [0, 0.1) is 6.92 Å². The van der Waals surface area contributed by atoms with Crippen molar-refractivity contribution in [2.45, 2.75) is 20.4 Å². The van der Waals surface area contributed by atoms with Crippen LogP contribution in [0.3, 0.4) is 0 Å². The maximum absolute atomic E-state index is 12.1. The summed E-state index contributed by atoms with van der Waals surface area (Å²) in [5, 5.41) is 2.93. The summed E-state index contributed by atoms with van der Waals surface area (Å²) in [6.07, 6.45) is 0. The van der Waals surface area contributed by atoms with Crippen LogP contribution in [0.25, 0.3) is 0 Å². The number of carbonyl (C=O) groups is 1. The third-order valence-electron chi connectivity index (χ3n) is 3.66. The Balaban J connectivity index is 1.85. The lowest BCUT2D eigenvalue weighted by Gasteiger charge is -2.15. The number of carbonyl (C=O) groups excluding carboxylic acids is 1. The van der Waals surface area contributed by atoms with Crippen LogP contribution in [-0.4, -0.2) is 26.1 Å². The molecule has 23 heavy (non-hydrogen) atoms. The fourth-order valence-corrected chi connectivity index (χ4v) is 2.48. The zero-order valence-electron chi connectivity index (χ0n) is 14.1. The molecule has 0 fully saturated rings. The van der Waals surface area contributed by atoms with Gasteiger partial charge in [-0.05, 0) is 43.7 Å². The molecule has 1 atom stereocenters. The van der Waals surface area contributed by atoms with Crippen molar-refractivity contribution in [1.29, 1.82) is 0 Å². The topological polar surface area (TPSA) is 42.8 Å². The number of nitrogens with one attached hydrogen (secondary N) is 2. The standard InChI is InChI=1S/C19H24N2O2/c1-4-23-18-11-9-17(10-12-18)20-19(22)14-21(3)13-16-8-6-5-7-15(16)2/h5-12H,4,13-14H2,1-3H3,(H,20,22)/p+1. The minimum Gasteiger partial charge on any atom is -0.494 e. The summed E-state index contributed by atoms with van der Waals surface area (Å²) in [7, 11) is 2.03. The van der Waals surface area contributed by atoms with Gasteiger partial charge in [-0.2, -0.15) is 0 Å². The van der Waals surface area contributed by atoms with Crippen LogP contribution < -0.4 is 15.0 Å². The Kier molecular flexibility index (Phi) is 6.18. The van der Waals surface area contributed by atoms with Crippen molar-refractivity contribution in [2.75, 3.05) is 25.5 Å². The number of anilines is 1. The lowest BCUT2D eigenvalue weighted by atomic mass is 10.1. The van der Waals surface area contributed by atoms with Gasteiger partial charge in [0, 0.05) is 11.3 Å². The molecule has 1 unspecified atom stereocenters. The van der Waals surface area contributed by atoms with Crippen molar-refractivity contribution < 1.29 is 14.4 Å². The van der Waals surface area contributed by atoms with E-state index in [0.29, 0.717) is 13.2 Å². The second kappa shape index (κ2) is 8.34. The average molecular weight is 313 g/mol. The van der Waals surface area contributed by atoms with Crippen molar-refractivity contribution in [2.24, 2.45) is 0 Å². The van der Waals surface area contributed by atoms with Gasteiger partial charge in [-0.15, -0.1) is 0 Å². The molecule has 0 aliphatic rings. The molecule has 0 saturated carbocycles. The zero-order valence-corrected chi connectivity index (χ0v) is 14.1. The van der Waals surface area contributed by atoms with Crippen LogP contribution in [0.4, 0.5) is 5.69 Å². The summed E-state index contributed by atoms with van der Waals surface area (Å²) < 4.78 is 5.39. The first-order valence-electron chi connectivity index (χ1n) is 7.97. The van der Waals surface area contributed by atoms with E-state index in [0.717, 1.165) is 22.9 Å². The molecule has 0 aliphatic heterocycles. The van der Waals surface area contributed by atoms with Gasteiger partial charge in [0.25, 0.3) is 5.91 Å². The highest BCUT2D eigenvalue weighted by Gasteiger charge is 2.11. The SMILES string of the molecule is CCOc1ccc(NC(=O)C[NH+](C)Cc2ccccc2C)cc1. The highest BCUT2D eigenvalue weighted by atomic mass is 16.5. The summed E-state index contributed by atoms with van der Waals surface area (Å²) in [5.41, 5.74) is 3.33. The van der Waals surface area contributed by atoms with Crippen molar-refractivity contribution in [1.82, 2.24) is 0 Å². The van der Waals surface area contributed by atoms with Crippen molar-refractivity contribution in [3.63, 3.8) is 0 Å². The zero-order chi connectivity index (χ0) is 16.7. The molecule has 122 valence electrons. The molecular weight excluding hydrogens is 288 g/mol. The van der Waals surface area contributed by atoms with Crippen LogP contribution in [0.1, 0.15) is 18.1 Å². The molecular formula is C19H25N2O2+. The Hall–Kier alpha value is -2.33. The quantitative estimate of drug-likeness (QED) is 0.821. The van der Waals surface area contributed by atoms with E-state index in [-0.39, 0.29) is 5.91 Å². The highest BCUT2D eigenvalue weighted by molar-refractivity contribution is 5.91. The average Bonchev–Trinajstić information content (AvgIpc) is 2.51. The molecule has 0 spiro atoms. The Bertz CT molecular complexity index is 638. The van der Waals surface area contributed by atoms with Crippen LogP contribution in [0.15, 0.2) is 48.5 Å². The van der Waals surface area contributed by atoms with E-state index < -0.39 is 0 Å². The first-order chi connectivity index (χ1) is 11.1. The van der Waals surface area contributed by atoms with Crippen LogP contribution in [-0.2, 0) is 11.3 Å². The number of benzene rings is 2. The molecule has 2 rings (SSSR count). The largest absolute Gasteiger partial charge is 0.494 e. The fraction of sp³-hybridized carbons (Fsp3) is 0.316. The molecule has 2 N–H and O–H groups in total. The smallest absolute Gasteiger partial charge is 0.279 e. The molecule has 2 aromatic carbocycles. The molecule has 0 aromatic heterocycles. The molecule has 0 saturated heterocycles. The fourth-order valence-electron chi connectivity index (χ4n) is 2.48. The number of likely N-dealkylation sites (N-methyl/N-ethyl adjacent to an activating group) is 1. The first-order valence-corrected chi connectivity index (χ1v) is 7.97. The maximum atomic E-state index is 12.1. The molecule has 0 radical (unpaired) electrons. The van der Waals surface area contributed by atoms with E-state index in [4.69, 9.17) is 4.74 Å².